The maximum absolute atomic E-state index is 12.2. The van der Waals surface area contributed by atoms with Crippen molar-refractivity contribution in [2.45, 2.75) is 31.5 Å². The third-order valence-electron chi connectivity index (χ3n) is 3.72. The van der Waals surface area contributed by atoms with Crippen molar-refractivity contribution in [3.8, 4) is 12.3 Å². The quantitative estimate of drug-likeness (QED) is 0.565. The number of rotatable bonds is 8. The summed E-state index contributed by atoms with van der Waals surface area (Å²) >= 11 is 0. The summed E-state index contributed by atoms with van der Waals surface area (Å²) in [6, 6.07) is 9.93. The second kappa shape index (κ2) is 9.76. The second-order valence-corrected chi connectivity index (χ2v) is 5.52. The number of aliphatic hydroxyl groups is 1. The van der Waals surface area contributed by atoms with E-state index in [1.54, 1.807) is 0 Å². The number of allylic oxidation sites excluding steroid dienone is 1. The van der Waals surface area contributed by atoms with Crippen molar-refractivity contribution in [2.75, 3.05) is 19.8 Å². The van der Waals surface area contributed by atoms with Gasteiger partial charge >= 0.3 is 0 Å². The number of aliphatic hydroxyl groups excluding tert-OH is 1. The lowest BCUT2D eigenvalue weighted by Gasteiger charge is -2.29. The van der Waals surface area contributed by atoms with E-state index in [9.17, 15) is 4.79 Å². The molecule has 0 bridgehead atoms. The molecule has 1 aromatic carbocycles. The number of carbonyl (C=O) groups excluding carboxylic acids is 1. The Bertz CT molecular complexity index is 591. The molecule has 1 aliphatic heterocycles. The second-order valence-electron chi connectivity index (χ2n) is 5.52. The maximum Gasteiger partial charge on any atom is 0.286 e. The number of amides is 1. The number of hydrogen-bond acceptors (Lipinski definition) is 4. The SMILES string of the molecule is C#CCNC(=O)C1=C[C@H](c2ccccc2)C[C@H](OCCCCO)O1. The van der Waals surface area contributed by atoms with Crippen LogP contribution < -0.4 is 5.32 Å². The minimum atomic E-state index is -0.495. The molecule has 0 radical (unpaired) electrons. The van der Waals surface area contributed by atoms with Crippen molar-refractivity contribution < 1.29 is 19.4 Å². The third kappa shape index (κ3) is 5.41. The smallest absolute Gasteiger partial charge is 0.286 e. The summed E-state index contributed by atoms with van der Waals surface area (Å²) in [6.07, 6.45) is 8.55. The summed E-state index contributed by atoms with van der Waals surface area (Å²) in [5.74, 6) is 2.31. The molecule has 1 aromatic rings. The van der Waals surface area contributed by atoms with Gasteiger partial charge in [-0.05, 0) is 24.5 Å². The van der Waals surface area contributed by atoms with Crippen LogP contribution in [0.4, 0.5) is 0 Å². The van der Waals surface area contributed by atoms with Crippen molar-refractivity contribution in [2.24, 2.45) is 0 Å². The molecule has 2 atom stereocenters. The van der Waals surface area contributed by atoms with E-state index in [-0.39, 0.29) is 30.7 Å². The van der Waals surface area contributed by atoms with Gasteiger partial charge in [0.05, 0.1) is 13.2 Å². The summed E-state index contributed by atoms with van der Waals surface area (Å²) in [5, 5.41) is 11.4. The van der Waals surface area contributed by atoms with Crippen LogP contribution in [-0.4, -0.2) is 37.1 Å². The van der Waals surface area contributed by atoms with Gasteiger partial charge < -0.3 is 19.9 Å². The standard InChI is InChI=1S/C19H23NO4/c1-2-10-20-19(22)17-13-16(15-8-4-3-5-9-15)14-18(24-17)23-12-7-6-11-21/h1,3-5,8-9,13,16,18,21H,6-7,10-12,14H2,(H,20,22)/t16-,18+/m0/s1. The van der Waals surface area contributed by atoms with E-state index in [2.05, 4.69) is 11.2 Å². The molecular weight excluding hydrogens is 306 g/mol. The van der Waals surface area contributed by atoms with Crippen LogP contribution in [0.2, 0.25) is 0 Å². The Morgan fingerprint density at radius 2 is 2.17 bits per heavy atom. The molecule has 0 saturated carbocycles. The highest BCUT2D eigenvalue weighted by molar-refractivity contribution is 5.91. The molecule has 0 spiro atoms. The van der Waals surface area contributed by atoms with Gasteiger partial charge in [-0.15, -0.1) is 6.42 Å². The number of carbonyl (C=O) groups is 1. The van der Waals surface area contributed by atoms with Crippen molar-refractivity contribution in [3.05, 3.63) is 47.7 Å². The number of benzene rings is 1. The summed E-state index contributed by atoms with van der Waals surface area (Å²) < 4.78 is 11.4. The van der Waals surface area contributed by atoms with E-state index < -0.39 is 6.29 Å². The van der Waals surface area contributed by atoms with Crippen molar-refractivity contribution >= 4 is 5.91 Å². The van der Waals surface area contributed by atoms with Crippen LogP contribution >= 0.6 is 0 Å². The van der Waals surface area contributed by atoms with Gasteiger partial charge in [-0.1, -0.05) is 36.3 Å². The zero-order valence-electron chi connectivity index (χ0n) is 13.6. The Hall–Kier alpha value is -2.29. The Balaban J connectivity index is 2.07. The van der Waals surface area contributed by atoms with Gasteiger partial charge in [0.25, 0.3) is 5.91 Å². The average molecular weight is 329 g/mol. The molecule has 5 nitrogen and oxygen atoms in total. The van der Waals surface area contributed by atoms with Crippen LogP contribution in [0.25, 0.3) is 0 Å². The summed E-state index contributed by atoms with van der Waals surface area (Å²) in [5.41, 5.74) is 1.10. The van der Waals surface area contributed by atoms with Gasteiger partial charge in [0.15, 0.2) is 5.76 Å². The molecule has 128 valence electrons. The maximum atomic E-state index is 12.2. The number of terminal acetylenes is 1. The summed E-state index contributed by atoms with van der Waals surface area (Å²) in [6.45, 7) is 0.769. The lowest BCUT2D eigenvalue weighted by molar-refractivity contribution is -0.146. The normalized spacial score (nSPS) is 19.8. The molecule has 2 N–H and O–H groups in total. The molecule has 0 aliphatic carbocycles. The highest BCUT2D eigenvalue weighted by atomic mass is 16.7. The Morgan fingerprint density at radius 3 is 2.88 bits per heavy atom. The molecule has 0 aromatic heterocycles. The molecule has 1 amide bonds. The first-order valence-electron chi connectivity index (χ1n) is 8.12. The minimum absolute atomic E-state index is 0.0365. The molecular formula is C19H23NO4. The first kappa shape index (κ1) is 18.1. The lowest BCUT2D eigenvalue weighted by Crippen LogP contribution is -2.33. The number of hydrogen-bond donors (Lipinski definition) is 2. The minimum Gasteiger partial charge on any atom is -0.459 e. The number of nitrogens with one attached hydrogen (secondary N) is 1. The number of unbranched alkanes of at least 4 members (excludes halogenated alkanes) is 1. The molecule has 1 aliphatic rings. The topological polar surface area (TPSA) is 67.8 Å². The van der Waals surface area contributed by atoms with Gasteiger partial charge in [0.2, 0.25) is 6.29 Å². The van der Waals surface area contributed by atoms with Gasteiger partial charge in [0.1, 0.15) is 0 Å². The predicted octanol–water partition coefficient (Wildman–Crippen LogP) is 1.94. The fourth-order valence-corrected chi connectivity index (χ4v) is 2.50. The van der Waals surface area contributed by atoms with Crippen molar-refractivity contribution in [1.29, 1.82) is 0 Å². The van der Waals surface area contributed by atoms with Crippen LogP contribution in [0.3, 0.4) is 0 Å². The first-order chi connectivity index (χ1) is 11.7. The highest BCUT2D eigenvalue weighted by Gasteiger charge is 2.28. The van der Waals surface area contributed by atoms with Gasteiger partial charge in [-0.3, -0.25) is 4.79 Å². The fraction of sp³-hybridized carbons (Fsp3) is 0.421. The van der Waals surface area contributed by atoms with Gasteiger partial charge in [-0.25, -0.2) is 0 Å². The molecule has 0 fully saturated rings. The molecule has 2 rings (SSSR count). The molecule has 0 unspecified atom stereocenters. The van der Waals surface area contributed by atoms with Crippen molar-refractivity contribution in [1.82, 2.24) is 5.32 Å². The number of ether oxygens (including phenoxy) is 2. The highest BCUT2D eigenvalue weighted by Crippen LogP contribution is 2.31. The van der Waals surface area contributed by atoms with E-state index in [1.165, 1.54) is 0 Å². The predicted molar refractivity (Wildman–Crippen MR) is 90.9 cm³/mol. The van der Waals surface area contributed by atoms with Crippen molar-refractivity contribution in [3.63, 3.8) is 0 Å². The Labute approximate surface area is 142 Å². The molecule has 0 saturated heterocycles. The molecule has 5 heteroatoms. The molecule has 24 heavy (non-hydrogen) atoms. The van der Waals surface area contributed by atoms with E-state index in [1.807, 2.05) is 36.4 Å². The van der Waals surface area contributed by atoms with Crippen LogP contribution in [-0.2, 0) is 14.3 Å². The summed E-state index contributed by atoms with van der Waals surface area (Å²) in [4.78, 5) is 12.2. The first-order valence-corrected chi connectivity index (χ1v) is 8.12. The monoisotopic (exact) mass is 329 g/mol. The van der Waals surface area contributed by atoms with Gasteiger partial charge in [-0.2, -0.15) is 0 Å². The van der Waals surface area contributed by atoms with Crippen LogP contribution in [0.15, 0.2) is 42.2 Å². The van der Waals surface area contributed by atoms with E-state index in [4.69, 9.17) is 21.0 Å². The largest absolute Gasteiger partial charge is 0.459 e. The van der Waals surface area contributed by atoms with Gasteiger partial charge in [0, 0.05) is 18.9 Å². The van der Waals surface area contributed by atoms with Crippen LogP contribution in [0.5, 0.6) is 0 Å². The fourth-order valence-electron chi connectivity index (χ4n) is 2.50. The lowest BCUT2D eigenvalue weighted by atomic mass is 9.93. The van der Waals surface area contributed by atoms with Crippen LogP contribution in [0.1, 0.15) is 30.7 Å². The molecule has 1 heterocycles. The Kier molecular flexibility index (Phi) is 7.34. The third-order valence-corrected chi connectivity index (χ3v) is 3.72. The van der Waals surface area contributed by atoms with Crippen LogP contribution in [0, 0.1) is 12.3 Å². The van der Waals surface area contributed by atoms with E-state index in [0.717, 1.165) is 12.0 Å². The Morgan fingerprint density at radius 1 is 1.38 bits per heavy atom. The zero-order valence-corrected chi connectivity index (χ0v) is 13.6. The average Bonchev–Trinajstić information content (AvgIpc) is 2.63. The summed E-state index contributed by atoms with van der Waals surface area (Å²) in [7, 11) is 0. The van der Waals surface area contributed by atoms with E-state index >= 15 is 0 Å². The van der Waals surface area contributed by atoms with E-state index in [0.29, 0.717) is 19.4 Å². The zero-order chi connectivity index (χ0) is 17.2.